The first kappa shape index (κ1) is 21.5. The van der Waals surface area contributed by atoms with Crippen molar-refractivity contribution in [1.29, 1.82) is 0 Å². The van der Waals surface area contributed by atoms with Gasteiger partial charge in [-0.05, 0) is 29.8 Å². The zero-order valence-electron chi connectivity index (χ0n) is 17.6. The first-order valence-corrected chi connectivity index (χ1v) is 12.2. The fourth-order valence-electron chi connectivity index (χ4n) is 4.23. The normalized spacial score (nSPS) is 16.0. The molecule has 2 aromatic heterocycles. The lowest BCUT2D eigenvalue weighted by Crippen LogP contribution is -2.47. The van der Waals surface area contributed by atoms with Gasteiger partial charge in [-0.3, -0.25) is 4.90 Å². The van der Waals surface area contributed by atoms with E-state index in [2.05, 4.69) is 25.9 Å². The fourth-order valence-corrected chi connectivity index (χ4v) is 5.78. The van der Waals surface area contributed by atoms with Crippen LogP contribution >= 0.6 is 34.5 Å². The van der Waals surface area contributed by atoms with Gasteiger partial charge in [-0.1, -0.05) is 65.7 Å². The molecule has 32 heavy (non-hydrogen) atoms. The Labute approximate surface area is 200 Å². The number of fused-ring (bicyclic) bond motifs is 1. The van der Waals surface area contributed by atoms with E-state index in [0.717, 1.165) is 59.6 Å². The lowest BCUT2D eigenvalue weighted by Gasteiger charge is -2.40. The maximum atomic E-state index is 11.1. The molecule has 0 saturated carbocycles. The van der Waals surface area contributed by atoms with Crippen LogP contribution in [0.2, 0.25) is 10.0 Å². The number of nitrogens with zero attached hydrogens (tertiary/aromatic N) is 5. The molecule has 3 heterocycles. The van der Waals surface area contributed by atoms with Crippen LogP contribution in [0.1, 0.15) is 29.2 Å². The Hall–Kier alpha value is -2.32. The molecule has 6 nitrogen and oxygen atoms in total. The molecule has 1 aliphatic heterocycles. The highest BCUT2D eigenvalue weighted by atomic mass is 35.5. The van der Waals surface area contributed by atoms with Crippen LogP contribution < -0.4 is 4.90 Å². The Balaban J connectivity index is 1.49. The summed E-state index contributed by atoms with van der Waals surface area (Å²) in [5.41, 5.74) is 2.10. The van der Waals surface area contributed by atoms with E-state index in [1.54, 1.807) is 4.52 Å². The first-order chi connectivity index (χ1) is 15.5. The number of aryl methyl sites for hydroxylation is 1. The van der Waals surface area contributed by atoms with Gasteiger partial charge in [0.15, 0.2) is 5.82 Å². The van der Waals surface area contributed by atoms with Crippen molar-refractivity contribution in [2.75, 3.05) is 31.1 Å². The van der Waals surface area contributed by atoms with Crippen molar-refractivity contribution in [1.82, 2.24) is 19.5 Å². The van der Waals surface area contributed by atoms with Crippen LogP contribution in [0.15, 0.2) is 48.5 Å². The molecule has 0 aliphatic carbocycles. The van der Waals surface area contributed by atoms with Gasteiger partial charge in [0.1, 0.15) is 0 Å². The van der Waals surface area contributed by atoms with Gasteiger partial charge in [0, 0.05) is 48.3 Å². The van der Waals surface area contributed by atoms with Crippen LogP contribution in [0.25, 0.3) is 4.96 Å². The lowest BCUT2D eigenvalue weighted by molar-refractivity contribution is 0.211. The Morgan fingerprint density at radius 3 is 2.53 bits per heavy atom. The maximum Gasteiger partial charge on any atom is 0.230 e. The second-order valence-electron chi connectivity index (χ2n) is 7.79. The molecule has 1 N–H and O–H groups in total. The Kier molecular flexibility index (Phi) is 5.99. The zero-order valence-corrected chi connectivity index (χ0v) is 19.9. The average Bonchev–Trinajstić information content (AvgIpc) is 3.35. The highest BCUT2D eigenvalue weighted by Gasteiger charge is 2.33. The Morgan fingerprint density at radius 1 is 1.06 bits per heavy atom. The van der Waals surface area contributed by atoms with Crippen LogP contribution in [-0.2, 0) is 6.42 Å². The number of anilines is 1. The third kappa shape index (κ3) is 3.94. The minimum Gasteiger partial charge on any atom is -0.492 e. The van der Waals surface area contributed by atoms with Crippen LogP contribution in [0.5, 0.6) is 5.88 Å². The molecule has 0 radical (unpaired) electrons. The van der Waals surface area contributed by atoms with E-state index in [9.17, 15) is 5.11 Å². The summed E-state index contributed by atoms with van der Waals surface area (Å²) >= 11 is 14.3. The summed E-state index contributed by atoms with van der Waals surface area (Å²) in [5, 5.41) is 17.0. The number of benzene rings is 2. The Bertz CT molecular complexity index is 1250. The van der Waals surface area contributed by atoms with Gasteiger partial charge in [-0.2, -0.15) is 4.52 Å². The second-order valence-corrected chi connectivity index (χ2v) is 9.65. The summed E-state index contributed by atoms with van der Waals surface area (Å²) in [4.78, 5) is 10.8. The molecule has 1 atom stereocenters. The van der Waals surface area contributed by atoms with Crippen molar-refractivity contribution in [2.24, 2.45) is 0 Å². The number of aromatic hydroxyl groups is 1. The van der Waals surface area contributed by atoms with Crippen molar-refractivity contribution >= 4 is 45.2 Å². The topological polar surface area (TPSA) is 56.9 Å². The molecule has 0 amide bonds. The molecule has 0 unspecified atom stereocenters. The minimum atomic E-state index is -0.177. The predicted molar refractivity (Wildman–Crippen MR) is 130 cm³/mol. The van der Waals surface area contributed by atoms with Crippen molar-refractivity contribution in [3.8, 4) is 5.88 Å². The van der Waals surface area contributed by atoms with Gasteiger partial charge in [0.25, 0.3) is 0 Å². The molecule has 0 bridgehead atoms. The van der Waals surface area contributed by atoms with Gasteiger partial charge in [0.2, 0.25) is 10.8 Å². The molecule has 9 heteroatoms. The van der Waals surface area contributed by atoms with E-state index in [4.69, 9.17) is 23.2 Å². The summed E-state index contributed by atoms with van der Waals surface area (Å²) in [6, 6.07) is 15.6. The number of aromatic nitrogens is 3. The Morgan fingerprint density at radius 2 is 1.84 bits per heavy atom. The molecular formula is C23H23Cl2N5OS. The summed E-state index contributed by atoms with van der Waals surface area (Å²) in [6.45, 7) is 5.33. The molecule has 166 valence electrons. The minimum absolute atomic E-state index is 0.138. The van der Waals surface area contributed by atoms with Gasteiger partial charge in [-0.15, -0.1) is 5.10 Å². The highest BCUT2D eigenvalue weighted by molar-refractivity contribution is 7.17. The SMILES string of the molecule is CCc1nc2sc([C@H](c3ccccc3Cl)N3CCN(c4cccc(Cl)c4)CC3)c(O)n2n1. The van der Waals surface area contributed by atoms with Gasteiger partial charge >= 0.3 is 0 Å². The number of hydrogen-bond donors (Lipinski definition) is 1. The van der Waals surface area contributed by atoms with Crippen LogP contribution in [-0.4, -0.2) is 50.8 Å². The number of rotatable bonds is 5. The van der Waals surface area contributed by atoms with E-state index in [-0.39, 0.29) is 11.9 Å². The summed E-state index contributed by atoms with van der Waals surface area (Å²) in [5.74, 6) is 0.863. The number of thiazole rings is 1. The molecule has 2 aromatic carbocycles. The third-order valence-electron chi connectivity index (χ3n) is 5.86. The second kappa shape index (κ2) is 8.90. The largest absolute Gasteiger partial charge is 0.492 e. The quantitative estimate of drug-likeness (QED) is 0.415. The van der Waals surface area contributed by atoms with E-state index < -0.39 is 0 Å². The molecular weight excluding hydrogens is 465 g/mol. The highest BCUT2D eigenvalue weighted by Crippen LogP contribution is 2.42. The fraction of sp³-hybridized carbons (Fsp3) is 0.304. The van der Waals surface area contributed by atoms with E-state index in [0.29, 0.717) is 9.98 Å². The smallest absolute Gasteiger partial charge is 0.230 e. The summed E-state index contributed by atoms with van der Waals surface area (Å²) < 4.78 is 1.55. The number of piperazine rings is 1. The van der Waals surface area contributed by atoms with Crippen molar-refractivity contribution in [3.63, 3.8) is 0 Å². The molecule has 1 saturated heterocycles. The first-order valence-electron chi connectivity index (χ1n) is 10.6. The molecule has 0 spiro atoms. The van der Waals surface area contributed by atoms with Crippen molar-refractivity contribution in [2.45, 2.75) is 19.4 Å². The van der Waals surface area contributed by atoms with E-state index in [1.807, 2.05) is 49.4 Å². The standard InChI is InChI=1S/C23H23Cl2N5OS/c1-2-19-26-23-30(27-19)22(31)21(32-23)20(17-8-3-4-9-18(17)25)29-12-10-28(11-13-29)16-7-5-6-15(24)14-16/h3-9,14,20,31H,2,10-13H2,1H3/t20-/m0/s1. The summed E-state index contributed by atoms with van der Waals surface area (Å²) in [7, 11) is 0. The number of hydrogen-bond acceptors (Lipinski definition) is 6. The predicted octanol–water partition coefficient (Wildman–Crippen LogP) is 5.28. The average molecular weight is 488 g/mol. The van der Waals surface area contributed by atoms with Gasteiger partial charge in [-0.25, -0.2) is 4.98 Å². The molecule has 4 aromatic rings. The van der Waals surface area contributed by atoms with Gasteiger partial charge < -0.3 is 10.0 Å². The van der Waals surface area contributed by atoms with E-state index in [1.165, 1.54) is 11.3 Å². The van der Waals surface area contributed by atoms with Crippen LogP contribution in [0.4, 0.5) is 5.69 Å². The van der Waals surface area contributed by atoms with Gasteiger partial charge in [0.05, 0.1) is 10.9 Å². The third-order valence-corrected chi connectivity index (χ3v) is 7.51. The van der Waals surface area contributed by atoms with Crippen molar-refractivity contribution < 1.29 is 5.11 Å². The van der Waals surface area contributed by atoms with Crippen molar-refractivity contribution in [3.05, 3.63) is 74.8 Å². The number of halogens is 2. The summed E-state index contributed by atoms with van der Waals surface area (Å²) in [6.07, 6.45) is 0.725. The zero-order chi connectivity index (χ0) is 22.2. The van der Waals surface area contributed by atoms with E-state index >= 15 is 0 Å². The molecule has 1 aliphatic rings. The molecule has 1 fully saturated rings. The lowest BCUT2D eigenvalue weighted by atomic mass is 10.0. The molecule has 5 rings (SSSR count). The monoisotopic (exact) mass is 487 g/mol. The van der Waals surface area contributed by atoms with Crippen LogP contribution in [0, 0.1) is 0 Å². The maximum absolute atomic E-state index is 11.1. The van der Waals surface area contributed by atoms with Crippen LogP contribution in [0.3, 0.4) is 0 Å².